The first-order valence-electron chi connectivity index (χ1n) is 7.52. The molecule has 0 aromatic heterocycles. The fourth-order valence-electron chi connectivity index (χ4n) is 2.36. The van der Waals surface area contributed by atoms with Crippen LogP contribution in [0.4, 0.5) is 0 Å². The third-order valence-corrected chi connectivity index (χ3v) is 5.23. The van der Waals surface area contributed by atoms with Crippen LogP contribution in [0.1, 0.15) is 51.4 Å². The minimum Gasteiger partial charge on any atom is -0.492 e. The Kier molecular flexibility index (Phi) is 7.76. The van der Waals surface area contributed by atoms with Crippen LogP contribution in [-0.2, 0) is 0 Å². The quantitative estimate of drug-likeness (QED) is 0.421. The molecule has 20 heavy (non-hydrogen) atoms. The van der Waals surface area contributed by atoms with Crippen molar-refractivity contribution in [1.29, 1.82) is 0 Å². The molecular formula is C16H22I2O2. The van der Waals surface area contributed by atoms with Gasteiger partial charge >= 0.3 is 0 Å². The SMILES string of the molecule is Ic1cc2c(I)cc1OCCCCCCCCCCO2. The van der Waals surface area contributed by atoms with Gasteiger partial charge in [0.25, 0.3) is 0 Å². The van der Waals surface area contributed by atoms with Gasteiger partial charge in [0, 0.05) is 0 Å². The van der Waals surface area contributed by atoms with Crippen molar-refractivity contribution in [3.05, 3.63) is 19.3 Å². The summed E-state index contributed by atoms with van der Waals surface area (Å²) in [7, 11) is 0. The van der Waals surface area contributed by atoms with E-state index in [1.165, 1.54) is 38.5 Å². The van der Waals surface area contributed by atoms with E-state index in [-0.39, 0.29) is 0 Å². The van der Waals surface area contributed by atoms with E-state index < -0.39 is 0 Å². The fourth-order valence-corrected chi connectivity index (χ4v) is 3.55. The van der Waals surface area contributed by atoms with Gasteiger partial charge in [-0.25, -0.2) is 0 Å². The molecule has 0 spiro atoms. The van der Waals surface area contributed by atoms with Crippen molar-refractivity contribution in [2.45, 2.75) is 51.4 Å². The summed E-state index contributed by atoms with van der Waals surface area (Å²) in [6, 6.07) is 4.20. The predicted octanol–water partition coefficient (Wildman–Crippen LogP) is 5.79. The number of halogens is 2. The second-order valence-electron chi connectivity index (χ2n) is 5.24. The Bertz CT molecular complexity index is 381. The molecular weight excluding hydrogens is 478 g/mol. The zero-order chi connectivity index (χ0) is 14.2. The first-order valence-corrected chi connectivity index (χ1v) is 9.68. The Morgan fingerprint density at radius 3 is 1.35 bits per heavy atom. The molecule has 0 atom stereocenters. The van der Waals surface area contributed by atoms with Crippen molar-refractivity contribution in [2.24, 2.45) is 0 Å². The van der Waals surface area contributed by atoms with Crippen molar-refractivity contribution in [2.75, 3.05) is 13.2 Å². The van der Waals surface area contributed by atoms with Gasteiger partial charge in [0.15, 0.2) is 0 Å². The van der Waals surface area contributed by atoms with E-state index >= 15 is 0 Å². The second kappa shape index (κ2) is 9.33. The van der Waals surface area contributed by atoms with Crippen LogP contribution >= 0.6 is 45.2 Å². The number of benzene rings is 1. The molecule has 0 fully saturated rings. The fraction of sp³-hybridized carbons (Fsp3) is 0.625. The molecule has 1 aromatic carbocycles. The van der Waals surface area contributed by atoms with Gasteiger partial charge < -0.3 is 9.47 Å². The lowest BCUT2D eigenvalue weighted by Crippen LogP contribution is -2.03. The lowest BCUT2D eigenvalue weighted by molar-refractivity contribution is 0.290. The maximum atomic E-state index is 5.90. The summed E-state index contributed by atoms with van der Waals surface area (Å²) in [6.07, 6.45) is 10.3. The average molecular weight is 500 g/mol. The lowest BCUT2D eigenvalue weighted by Gasteiger charge is -2.13. The molecule has 0 radical (unpaired) electrons. The third-order valence-electron chi connectivity index (χ3n) is 3.54. The molecule has 3 rings (SSSR count). The summed E-state index contributed by atoms with van der Waals surface area (Å²) in [6.45, 7) is 1.65. The Hall–Kier alpha value is 0.280. The minimum atomic E-state index is 0.826. The maximum absolute atomic E-state index is 5.90. The highest BCUT2D eigenvalue weighted by atomic mass is 127. The first kappa shape index (κ1) is 16.6. The Labute approximate surface area is 149 Å². The van der Waals surface area contributed by atoms with E-state index in [1.54, 1.807) is 0 Å². The van der Waals surface area contributed by atoms with Crippen molar-refractivity contribution >= 4 is 45.2 Å². The highest BCUT2D eigenvalue weighted by Crippen LogP contribution is 2.31. The monoisotopic (exact) mass is 500 g/mol. The molecule has 4 heteroatoms. The standard InChI is InChI=1S/C16H22I2O2/c17-13-12-16-14(18)11-15(13)19-9-7-5-3-1-2-4-6-8-10-20-16/h11-12H,1-10H2. The lowest BCUT2D eigenvalue weighted by atomic mass is 10.1. The number of fused-ring (bicyclic) bond motifs is 13. The number of hydrogen-bond donors (Lipinski definition) is 0. The summed E-state index contributed by atoms with van der Waals surface area (Å²) in [5.74, 6) is 1.99. The van der Waals surface area contributed by atoms with Crippen LogP contribution in [0, 0.1) is 7.14 Å². The molecule has 0 unspecified atom stereocenters. The average Bonchev–Trinajstić information content (AvgIpc) is 2.43. The molecule has 1 aromatic rings. The van der Waals surface area contributed by atoms with Gasteiger partial charge in [-0.3, -0.25) is 0 Å². The Balaban J connectivity index is 2.02. The summed E-state index contributed by atoms with van der Waals surface area (Å²) in [5.41, 5.74) is 0. The van der Waals surface area contributed by atoms with Crippen LogP contribution in [0.15, 0.2) is 12.1 Å². The Morgan fingerprint density at radius 2 is 0.950 bits per heavy atom. The van der Waals surface area contributed by atoms with Crippen LogP contribution < -0.4 is 9.47 Å². The van der Waals surface area contributed by atoms with Crippen LogP contribution in [0.25, 0.3) is 0 Å². The normalized spacial score (nSPS) is 18.3. The zero-order valence-electron chi connectivity index (χ0n) is 11.8. The van der Waals surface area contributed by atoms with Gasteiger partial charge in [0.05, 0.1) is 20.4 Å². The maximum Gasteiger partial charge on any atom is 0.133 e. The molecule has 2 nitrogen and oxygen atoms in total. The summed E-state index contributed by atoms with van der Waals surface area (Å²) in [4.78, 5) is 0. The molecule has 0 saturated heterocycles. The van der Waals surface area contributed by atoms with E-state index in [0.717, 1.165) is 44.7 Å². The van der Waals surface area contributed by atoms with E-state index in [4.69, 9.17) is 9.47 Å². The molecule has 0 saturated carbocycles. The largest absolute Gasteiger partial charge is 0.492 e. The number of hydrogen-bond acceptors (Lipinski definition) is 2. The highest BCUT2D eigenvalue weighted by molar-refractivity contribution is 14.1. The molecule has 2 heterocycles. The summed E-state index contributed by atoms with van der Waals surface area (Å²) < 4.78 is 14.1. The molecule has 2 bridgehead atoms. The molecule has 0 amide bonds. The molecule has 0 N–H and O–H groups in total. The number of rotatable bonds is 0. The molecule has 2 aliphatic heterocycles. The van der Waals surface area contributed by atoms with Gasteiger partial charge in [-0.05, 0) is 70.2 Å². The zero-order valence-corrected chi connectivity index (χ0v) is 16.1. The highest BCUT2D eigenvalue weighted by Gasteiger charge is 2.09. The number of ether oxygens (including phenoxy) is 2. The van der Waals surface area contributed by atoms with Gasteiger partial charge in [0.2, 0.25) is 0 Å². The van der Waals surface area contributed by atoms with E-state index in [2.05, 4.69) is 57.3 Å². The van der Waals surface area contributed by atoms with Crippen molar-refractivity contribution < 1.29 is 9.47 Å². The molecule has 112 valence electrons. The summed E-state index contributed by atoms with van der Waals surface area (Å²) >= 11 is 4.67. The van der Waals surface area contributed by atoms with Crippen LogP contribution in [0.5, 0.6) is 11.5 Å². The van der Waals surface area contributed by atoms with Gasteiger partial charge in [-0.15, -0.1) is 0 Å². The van der Waals surface area contributed by atoms with Gasteiger partial charge in [0.1, 0.15) is 11.5 Å². The molecule has 2 aliphatic rings. The van der Waals surface area contributed by atoms with Crippen LogP contribution in [0.2, 0.25) is 0 Å². The smallest absolute Gasteiger partial charge is 0.133 e. The van der Waals surface area contributed by atoms with E-state index in [9.17, 15) is 0 Å². The topological polar surface area (TPSA) is 18.5 Å². The first-order chi connectivity index (χ1) is 9.77. The van der Waals surface area contributed by atoms with E-state index in [0.29, 0.717) is 0 Å². The third kappa shape index (κ3) is 5.58. The van der Waals surface area contributed by atoms with Crippen molar-refractivity contribution in [1.82, 2.24) is 0 Å². The van der Waals surface area contributed by atoms with Gasteiger partial charge in [-0.1, -0.05) is 38.5 Å². The molecule has 0 aliphatic carbocycles. The van der Waals surface area contributed by atoms with Gasteiger partial charge in [-0.2, -0.15) is 0 Å². The Morgan fingerprint density at radius 1 is 0.600 bits per heavy atom. The van der Waals surface area contributed by atoms with Crippen molar-refractivity contribution in [3.8, 4) is 11.5 Å². The van der Waals surface area contributed by atoms with Crippen molar-refractivity contribution in [3.63, 3.8) is 0 Å². The minimum absolute atomic E-state index is 0.826. The van der Waals surface area contributed by atoms with Crippen LogP contribution in [0.3, 0.4) is 0 Å². The second-order valence-corrected chi connectivity index (χ2v) is 7.56. The van der Waals surface area contributed by atoms with Crippen LogP contribution in [-0.4, -0.2) is 13.2 Å². The van der Waals surface area contributed by atoms with E-state index in [1.807, 2.05) is 0 Å². The summed E-state index contributed by atoms with van der Waals surface area (Å²) in [5, 5.41) is 0. The predicted molar refractivity (Wildman–Crippen MR) is 99.8 cm³/mol.